The van der Waals surface area contributed by atoms with Crippen LogP contribution in [0.2, 0.25) is 0 Å². The number of carbonyl (C=O) groups excluding carboxylic acids is 3. The summed E-state index contributed by atoms with van der Waals surface area (Å²) in [5.74, 6) is -2.01. The zero-order valence-electron chi connectivity index (χ0n) is 17.6. The number of sulfonamides is 1. The summed E-state index contributed by atoms with van der Waals surface area (Å²) in [5, 5.41) is 0. The van der Waals surface area contributed by atoms with Crippen molar-refractivity contribution in [2.24, 2.45) is 5.73 Å². The van der Waals surface area contributed by atoms with Crippen LogP contribution in [0.5, 0.6) is 0 Å². The third kappa shape index (κ3) is 4.93. The Kier molecular flexibility index (Phi) is 6.47. The van der Waals surface area contributed by atoms with Gasteiger partial charge in [0, 0.05) is 44.5 Å². The van der Waals surface area contributed by atoms with E-state index in [9.17, 15) is 22.8 Å². The summed E-state index contributed by atoms with van der Waals surface area (Å²) in [6.45, 7) is 2.75. The van der Waals surface area contributed by atoms with Crippen LogP contribution in [0, 0.1) is 0 Å². The van der Waals surface area contributed by atoms with E-state index in [-0.39, 0.29) is 17.4 Å². The number of carbonyl (C=O) groups is 3. The van der Waals surface area contributed by atoms with Crippen LogP contribution in [-0.4, -0.2) is 94.0 Å². The first-order chi connectivity index (χ1) is 15.3. The molecule has 174 valence electrons. The molecule has 3 fully saturated rings. The first-order valence-corrected chi connectivity index (χ1v) is 12.1. The maximum absolute atomic E-state index is 13.0. The average Bonchev–Trinajstić information content (AvgIpc) is 3.63. The number of nitrogens with two attached hydrogens (primary N) is 1. The third-order valence-electron chi connectivity index (χ3n) is 5.92. The summed E-state index contributed by atoms with van der Waals surface area (Å²) in [6.07, 6.45) is 2.32. The van der Waals surface area contributed by atoms with Crippen molar-refractivity contribution in [3.8, 4) is 0 Å². The number of amides is 3. The van der Waals surface area contributed by atoms with E-state index >= 15 is 0 Å². The van der Waals surface area contributed by atoms with Gasteiger partial charge in [-0.05, 0) is 31.0 Å². The van der Waals surface area contributed by atoms with Crippen LogP contribution in [0.4, 0.5) is 5.69 Å². The Morgan fingerprint density at radius 2 is 1.84 bits per heavy atom. The summed E-state index contributed by atoms with van der Waals surface area (Å²) in [7, 11) is -4.26. The van der Waals surface area contributed by atoms with Gasteiger partial charge in [0.15, 0.2) is 6.04 Å². The summed E-state index contributed by atoms with van der Waals surface area (Å²) >= 11 is 0. The maximum atomic E-state index is 13.0. The molecule has 0 bridgehead atoms. The number of hydrogen-bond donors (Lipinski definition) is 2. The number of rotatable bonds is 7. The smallest absolute Gasteiger partial charge is 0.253 e. The Bertz CT molecular complexity index is 1000. The van der Waals surface area contributed by atoms with Crippen LogP contribution >= 0.6 is 0 Å². The van der Waals surface area contributed by atoms with Gasteiger partial charge in [-0.1, -0.05) is 6.07 Å². The molecule has 0 radical (unpaired) electrons. The lowest BCUT2D eigenvalue weighted by Gasteiger charge is -2.36. The van der Waals surface area contributed by atoms with Crippen LogP contribution in [0.3, 0.4) is 0 Å². The number of piperazine rings is 1. The number of ether oxygens (including phenoxy) is 1. The lowest BCUT2D eigenvalue weighted by atomic mass is 10.2. The minimum atomic E-state index is -4.26. The summed E-state index contributed by atoms with van der Waals surface area (Å²) < 4.78 is 33.2. The van der Waals surface area contributed by atoms with Gasteiger partial charge in [-0.2, -0.15) is 4.72 Å². The molecule has 0 aromatic heterocycles. The fourth-order valence-electron chi connectivity index (χ4n) is 3.99. The molecule has 3 N–H and O–H groups in total. The van der Waals surface area contributed by atoms with Crippen LogP contribution in [0.25, 0.3) is 0 Å². The molecule has 1 aromatic carbocycles. The van der Waals surface area contributed by atoms with E-state index in [0.29, 0.717) is 51.1 Å². The number of anilines is 1. The highest BCUT2D eigenvalue weighted by atomic mass is 32.2. The Morgan fingerprint density at radius 1 is 1.12 bits per heavy atom. The SMILES string of the molecule is NC(=O)[C@H](NS(=O)(=O)c1cccc(N2CCOCC2=O)c1)C(=O)N1CCN(C2CC2)CC1. The zero-order chi connectivity index (χ0) is 22.9. The Labute approximate surface area is 186 Å². The fourth-order valence-corrected chi connectivity index (χ4v) is 5.19. The second kappa shape index (κ2) is 9.14. The van der Waals surface area contributed by atoms with E-state index in [1.807, 2.05) is 0 Å². The van der Waals surface area contributed by atoms with Gasteiger partial charge in [-0.3, -0.25) is 19.3 Å². The molecule has 0 unspecified atom stereocenters. The van der Waals surface area contributed by atoms with E-state index in [4.69, 9.17) is 10.5 Å². The van der Waals surface area contributed by atoms with Crippen molar-refractivity contribution in [2.75, 3.05) is 50.8 Å². The standard InChI is InChI=1S/C20H27N5O6S/c21-19(27)18(20(28)24-8-6-23(7-9-24)14-4-5-14)22-32(29,30)16-3-1-2-15(12-16)25-10-11-31-13-17(25)26/h1-3,12,14,18,22H,4-11,13H2,(H2,21,27)/t18-/m0/s1. The first kappa shape index (κ1) is 22.6. The Morgan fingerprint density at radius 3 is 2.47 bits per heavy atom. The van der Waals surface area contributed by atoms with Gasteiger partial charge in [0.1, 0.15) is 6.61 Å². The molecule has 12 heteroatoms. The fraction of sp³-hybridized carbons (Fsp3) is 0.550. The maximum Gasteiger partial charge on any atom is 0.253 e. The minimum Gasteiger partial charge on any atom is -0.370 e. The molecular formula is C20H27N5O6S. The molecule has 3 amide bonds. The molecule has 11 nitrogen and oxygen atoms in total. The number of nitrogens with zero attached hydrogens (tertiary/aromatic N) is 3. The van der Waals surface area contributed by atoms with Crippen molar-refractivity contribution in [1.29, 1.82) is 0 Å². The molecule has 1 aromatic rings. The Hall–Kier alpha value is -2.54. The molecule has 0 spiro atoms. The average molecular weight is 466 g/mol. The molecule has 1 atom stereocenters. The lowest BCUT2D eigenvalue weighted by Crippen LogP contribution is -2.58. The van der Waals surface area contributed by atoms with Gasteiger partial charge in [-0.25, -0.2) is 8.42 Å². The van der Waals surface area contributed by atoms with Crippen LogP contribution < -0.4 is 15.4 Å². The van der Waals surface area contributed by atoms with Gasteiger partial charge < -0.3 is 20.3 Å². The van der Waals surface area contributed by atoms with E-state index in [1.54, 1.807) is 6.07 Å². The molecule has 2 aliphatic heterocycles. The van der Waals surface area contributed by atoms with Gasteiger partial charge in [0.05, 0.1) is 11.5 Å². The van der Waals surface area contributed by atoms with Gasteiger partial charge in [-0.15, -0.1) is 0 Å². The van der Waals surface area contributed by atoms with E-state index in [2.05, 4.69) is 9.62 Å². The molecule has 1 aliphatic carbocycles. The molecule has 1 saturated carbocycles. The third-order valence-corrected chi connectivity index (χ3v) is 7.34. The number of hydrogen-bond acceptors (Lipinski definition) is 7. The van der Waals surface area contributed by atoms with Gasteiger partial charge >= 0.3 is 0 Å². The van der Waals surface area contributed by atoms with Crippen molar-refractivity contribution in [2.45, 2.75) is 29.8 Å². The normalized spacial score (nSPS) is 21.4. The highest BCUT2D eigenvalue weighted by Gasteiger charge is 2.37. The molecule has 2 heterocycles. The van der Waals surface area contributed by atoms with Crippen molar-refractivity contribution >= 4 is 33.4 Å². The second-order valence-electron chi connectivity index (χ2n) is 8.14. The molecule has 3 aliphatic rings. The number of nitrogens with one attached hydrogen (secondary N) is 1. The van der Waals surface area contributed by atoms with Crippen LogP contribution in [0.1, 0.15) is 12.8 Å². The van der Waals surface area contributed by atoms with Crippen LogP contribution in [-0.2, 0) is 29.1 Å². The Balaban J connectivity index is 1.47. The molecule has 4 rings (SSSR count). The van der Waals surface area contributed by atoms with Gasteiger partial charge in [0.25, 0.3) is 11.8 Å². The predicted molar refractivity (Wildman–Crippen MR) is 114 cm³/mol. The monoisotopic (exact) mass is 465 g/mol. The van der Waals surface area contributed by atoms with Crippen molar-refractivity contribution in [1.82, 2.24) is 14.5 Å². The quantitative estimate of drug-likeness (QED) is 0.466. The first-order valence-electron chi connectivity index (χ1n) is 10.6. The largest absolute Gasteiger partial charge is 0.370 e. The van der Waals surface area contributed by atoms with E-state index < -0.39 is 27.9 Å². The van der Waals surface area contributed by atoms with E-state index in [1.165, 1.54) is 28.0 Å². The minimum absolute atomic E-state index is 0.0819. The summed E-state index contributed by atoms with van der Waals surface area (Å²) in [6, 6.07) is 4.61. The van der Waals surface area contributed by atoms with E-state index in [0.717, 1.165) is 12.8 Å². The number of primary amides is 1. The number of morpholine rings is 1. The highest BCUT2D eigenvalue weighted by molar-refractivity contribution is 7.89. The molecular weight excluding hydrogens is 438 g/mol. The van der Waals surface area contributed by atoms with Crippen molar-refractivity contribution < 1.29 is 27.5 Å². The van der Waals surface area contributed by atoms with Crippen LogP contribution in [0.15, 0.2) is 29.2 Å². The molecule has 2 saturated heterocycles. The second-order valence-corrected chi connectivity index (χ2v) is 9.86. The summed E-state index contributed by atoms with van der Waals surface area (Å²) in [5.41, 5.74) is 5.78. The lowest BCUT2D eigenvalue weighted by molar-refractivity contribution is -0.139. The van der Waals surface area contributed by atoms with Crippen molar-refractivity contribution in [3.05, 3.63) is 24.3 Å². The topological polar surface area (TPSA) is 142 Å². The molecule has 32 heavy (non-hydrogen) atoms. The number of benzene rings is 1. The summed E-state index contributed by atoms with van der Waals surface area (Å²) in [4.78, 5) is 42.0. The van der Waals surface area contributed by atoms with Gasteiger partial charge in [0.2, 0.25) is 15.9 Å². The van der Waals surface area contributed by atoms with Crippen molar-refractivity contribution in [3.63, 3.8) is 0 Å². The predicted octanol–water partition coefficient (Wildman–Crippen LogP) is -1.51. The highest BCUT2D eigenvalue weighted by Crippen LogP contribution is 2.27. The zero-order valence-corrected chi connectivity index (χ0v) is 18.4.